The molecule has 1 atom stereocenters. The summed E-state index contributed by atoms with van der Waals surface area (Å²) >= 11 is 3.51. The van der Waals surface area contributed by atoms with E-state index < -0.39 is 0 Å². The predicted octanol–water partition coefficient (Wildman–Crippen LogP) is 2.91. The summed E-state index contributed by atoms with van der Waals surface area (Å²) in [6, 6.07) is 9.88. The van der Waals surface area contributed by atoms with Crippen LogP contribution in [-0.4, -0.2) is 12.1 Å². The van der Waals surface area contributed by atoms with E-state index in [2.05, 4.69) is 39.3 Å². The third kappa shape index (κ3) is 3.36. The Morgan fingerprint density at radius 3 is 2.85 bits per heavy atom. The summed E-state index contributed by atoms with van der Waals surface area (Å²) in [5, 5.41) is 0. The molecular weight excluding hydrogens is 318 g/mol. The molecule has 2 aromatic rings. The number of pyridine rings is 1. The highest BCUT2D eigenvalue weighted by atomic mass is 79.9. The number of hydrogen-bond donors (Lipinski definition) is 2. The normalized spacial score (nSPS) is 12.2. The van der Waals surface area contributed by atoms with Crippen LogP contribution < -0.4 is 16.0 Å². The Balaban J connectivity index is 2.31. The van der Waals surface area contributed by atoms with E-state index in [1.165, 1.54) is 5.56 Å². The lowest BCUT2D eigenvalue weighted by Gasteiger charge is -2.18. The lowest BCUT2D eigenvalue weighted by atomic mass is 10.0. The van der Waals surface area contributed by atoms with Crippen molar-refractivity contribution >= 4 is 15.9 Å². The van der Waals surface area contributed by atoms with Gasteiger partial charge in [0.05, 0.1) is 18.8 Å². The molecule has 0 bridgehead atoms. The number of aromatic nitrogens is 1. The number of halogens is 1. The summed E-state index contributed by atoms with van der Waals surface area (Å²) in [5.41, 5.74) is 6.01. The average molecular weight is 336 g/mol. The van der Waals surface area contributed by atoms with Crippen molar-refractivity contribution in [2.45, 2.75) is 19.4 Å². The Kier molecular flexibility index (Phi) is 5.11. The van der Waals surface area contributed by atoms with E-state index in [4.69, 9.17) is 10.6 Å². The SMILES string of the molecule is COc1ccc(C)cc1CC(NN)c1ncccc1Br. The van der Waals surface area contributed by atoms with E-state index in [0.717, 1.165) is 21.5 Å². The molecule has 0 spiro atoms. The van der Waals surface area contributed by atoms with E-state index >= 15 is 0 Å². The fraction of sp³-hybridized carbons (Fsp3) is 0.267. The first-order valence-electron chi connectivity index (χ1n) is 6.35. The molecule has 1 heterocycles. The molecule has 0 aliphatic heterocycles. The molecule has 0 fully saturated rings. The van der Waals surface area contributed by atoms with Crippen molar-refractivity contribution in [1.82, 2.24) is 10.4 Å². The quantitative estimate of drug-likeness (QED) is 0.651. The maximum Gasteiger partial charge on any atom is 0.122 e. The van der Waals surface area contributed by atoms with E-state index in [1.807, 2.05) is 24.3 Å². The highest BCUT2D eigenvalue weighted by Crippen LogP contribution is 2.28. The van der Waals surface area contributed by atoms with Crippen LogP contribution in [0.1, 0.15) is 22.9 Å². The summed E-state index contributed by atoms with van der Waals surface area (Å²) < 4.78 is 6.35. The Labute approximate surface area is 127 Å². The van der Waals surface area contributed by atoms with Gasteiger partial charge < -0.3 is 4.74 Å². The number of nitrogens with one attached hydrogen (secondary N) is 1. The first kappa shape index (κ1) is 15.0. The Morgan fingerprint density at radius 2 is 2.20 bits per heavy atom. The molecule has 0 saturated carbocycles. The molecule has 0 aliphatic rings. The Bertz CT molecular complexity index is 589. The van der Waals surface area contributed by atoms with Gasteiger partial charge >= 0.3 is 0 Å². The fourth-order valence-electron chi connectivity index (χ4n) is 2.18. The standard InChI is InChI=1S/C15H18BrN3O/c1-10-5-6-14(20-2)11(8-10)9-13(19-17)15-12(16)4-3-7-18-15/h3-8,13,19H,9,17H2,1-2H3. The van der Waals surface area contributed by atoms with Gasteiger partial charge in [-0.1, -0.05) is 17.7 Å². The predicted molar refractivity (Wildman–Crippen MR) is 83.4 cm³/mol. The minimum atomic E-state index is -0.0822. The van der Waals surface area contributed by atoms with Gasteiger partial charge in [0.25, 0.3) is 0 Å². The zero-order valence-corrected chi connectivity index (χ0v) is 13.1. The fourth-order valence-corrected chi connectivity index (χ4v) is 2.71. The second kappa shape index (κ2) is 6.83. The third-order valence-corrected chi connectivity index (χ3v) is 3.85. The number of benzene rings is 1. The van der Waals surface area contributed by atoms with Crippen LogP contribution in [0.25, 0.3) is 0 Å². The molecule has 0 aliphatic carbocycles. The van der Waals surface area contributed by atoms with Crippen LogP contribution in [0.15, 0.2) is 41.0 Å². The summed E-state index contributed by atoms with van der Waals surface area (Å²) in [6.45, 7) is 2.06. The molecule has 0 radical (unpaired) electrons. The second-order valence-corrected chi connectivity index (χ2v) is 5.46. The number of hydrogen-bond acceptors (Lipinski definition) is 4. The van der Waals surface area contributed by atoms with Crippen molar-refractivity contribution in [2.24, 2.45) is 5.84 Å². The van der Waals surface area contributed by atoms with Crippen molar-refractivity contribution in [3.63, 3.8) is 0 Å². The third-order valence-electron chi connectivity index (χ3n) is 3.18. The summed E-state index contributed by atoms with van der Waals surface area (Å²) in [7, 11) is 1.68. The number of rotatable bonds is 5. The minimum Gasteiger partial charge on any atom is -0.496 e. The number of ether oxygens (including phenoxy) is 1. The molecule has 5 heteroatoms. The molecule has 1 aromatic carbocycles. The molecule has 3 N–H and O–H groups in total. The van der Waals surface area contributed by atoms with Crippen LogP contribution in [0.4, 0.5) is 0 Å². The first-order valence-corrected chi connectivity index (χ1v) is 7.15. The first-order chi connectivity index (χ1) is 9.65. The van der Waals surface area contributed by atoms with Crippen LogP contribution in [0.5, 0.6) is 5.75 Å². The Morgan fingerprint density at radius 1 is 1.40 bits per heavy atom. The summed E-state index contributed by atoms with van der Waals surface area (Å²) in [5.74, 6) is 6.56. The number of aryl methyl sites for hydroxylation is 1. The van der Waals surface area contributed by atoms with Crippen LogP contribution in [0, 0.1) is 6.92 Å². The average Bonchev–Trinajstić information content (AvgIpc) is 2.46. The largest absolute Gasteiger partial charge is 0.496 e. The molecular formula is C15H18BrN3O. The van der Waals surface area contributed by atoms with Gasteiger partial charge in [0.15, 0.2) is 0 Å². The van der Waals surface area contributed by atoms with Gasteiger partial charge in [-0.25, -0.2) is 0 Å². The van der Waals surface area contributed by atoms with Crippen molar-refractivity contribution in [3.05, 3.63) is 57.8 Å². The number of hydrazine groups is 1. The van der Waals surface area contributed by atoms with Gasteiger partial charge in [-0.15, -0.1) is 0 Å². The highest BCUT2D eigenvalue weighted by molar-refractivity contribution is 9.10. The molecule has 1 aromatic heterocycles. The molecule has 20 heavy (non-hydrogen) atoms. The number of nitrogens with two attached hydrogens (primary N) is 1. The number of nitrogens with zero attached hydrogens (tertiary/aromatic N) is 1. The van der Waals surface area contributed by atoms with Crippen LogP contribution in [0.2, 0.25) is 0 Å². The summed E-state index contributed by atoms with van der Waals surface area (Å²) in [6.07, 6.45) is 2.47. The van der Waals surface area contributed by atoms with Gasteiger partial charge in [0.2, 0.25) is 0 Å². The van der Waals surface area contributed by atoms with Gasteiger partial charge in [-0.05, 0) is 53.0 Å². The van der Waals surface area contributed by atoms with Crippen LogP contribution in [-0.2, 0) is 6.42 Å². The zero-order chi connectivity index (χ0) is 14.5. The van der Waals surface area contributed by atoms with Crippen molar-refractivity contribution < 1.29 is 4.74 Å². The minimum absolute atomic E-state index is 0.0822. The van der Waals surface area contributed by atoms with Gasteiger partial charge in [0, 0.05) is 10.7 Å². The smallest absolute Gasteiger partial charge is 0.122 e. The monoisotopic (exact) mass is 335 g/mol. The lowest BCUT2D eigenvalue weighted by molar-refractivity contribution is 0.405. The molecule has 0 amide bonds. The Hall–Kier alpha value is -1.43. The summed E-state index contributed by atoms with van der Waals surface area (Å²) in [4.78, 5) is 4.39. The zero-order valence-electron chi connectivity index (χ0n) is 11.6. The molecule has 1 unspecified atom stereocenters. The maximum atomic E-state index is 5.70. The van der Waals surface area contributed by atoms with E-state index in [1.54, 1.807) is 13.3 Å². The van der Waals surface area contributed by atoms with Crippen molar-refractivity contribution in [3.8, 4) is 5.75 Å². The van der Waals surface area contributed by atoms with E-state index in [9.17, 15) is 0 Å². The van der Waals surface area contributed by atoms with Crippen molar-refractivity contribution in [1.29, 1.82) is 0 Å². The van der Waals surface area contributed by atoms with Crippen LogP contribution >= 0.6 is 15.9 Å². The topological polar surface area (TPSA) is 60.2 Å². The van der Waals surface area contributed by atoms with E-state index in [-0.39, 0.29) is 6.04 Å². The maximum absolute atomic E-state index is 5.70. The number of methoxy groups -OCH3 is 1. The van der Waals surface area contributed by atoms with Gasteiger partial charge in [0.1, 0.15) is 5.75 Å². The molecule has 0 saturated heterocycles. The molecule has 4 nitrogen and oxygen atoms in total. The lowest BCUT2D eigenvalue weighted by Crippen LogP contribution is -2.30. The highest BCUT2D eigenvalue weighted by Gasteiger charge is 2.17. The van der Waals surface area contributed by atoms with Gasteiger partial charge in [-0.3, -0.25) is 16.3 Å². The van der Waals surface area contributed by atoms with Gasteiger partial charge in [-0.2, -0.15) is 0 Å². The molecule has 106 valence electrons. The van der Waals surface area contributed by atoms with E-state index in [0.29, 0.717) is 6.42 Å². The van der Waals surface area contributed by atoms with Crippen molar-refractivity contribution in [2.75, 3.05) is 7.11 Å². The second-order valence-electron chi connectivity index (χ2n) is 4.61. The van der Waals surface area contributed by atoms with Crippen LogP contribution in [0.3, 0.4) is 0 Å². The molecule has 2 rings (SSSR count).